The Morgan fingerprint density at radius 1 is 1.24 bits per heavy atom. The van der Waals surface area contributed by atoms with E-state index in [1.54, 1.807) is 24.3 Å². The van der Waals surface area contributed by atoms with Crippen molar-refractivity contribution in [3.8, 4) is 5.75 Å². The Morgan fingerprint density at radius 2 is 1.93 bits per heavy atom. The van der Waals surface area contributed by atoms with Crippen LogP contribution in [-0.4, -0.2) is 41.1 Å². The second-order valence-corrected chi connectivity index (χ2v) is 8.33. The Kier molecular flexibility index (Phi) is 6.34. The first-order chi connectivity index (χ1) is 13.8. The summed E-state index contributed by atoms with van der Waals surface area (Å²) in [6.45, 7) is 6.79. The minimum atomic E-state index is -0.276. The molecule has 1 N–H and O–H groups in total. The topological polar surface area (TPSA) is 76.5 Å². The summed E-state index contributed by atoms with van der Waals surface area (Å²) in [6, 6.07) is 7.15. The molecule has 1 aromatic carbocycles. The second kappa shape index (κ2) is 8.75. The maximum Gasteiger partial charge on any atom is 0.263 e. The van der Waals surface area contributed by atoms with Gasteiger partial charge in [-0.1, -0.05) is 0 Å². The van der Waals surface area contributed by atoms with Gasteiger partial charge in [-0.05, 0) is 64.7 Å². The van der Waals surface area contributed by atoms with E-state index in [2.05, 4.69) is 5.32 Å². The number of fused-ring (bicyclic) bond motifs is 1. The van der Waals surface area contributed by atoms with Crippen LogP contribution in [0.4, 0.5) is 5.69 Å². The summed E-state index contributed by atoms with van der Waals surface area (Å²) in [7, 11) is 3.82. The van der Waals surface area contributed by atoms with Crippen molar-refractivity contribution in [3.05, 3.63) is 50.9 Å². The molecule has 3 rings (SSSR count). The van der Waals surface area contributed by atoms with Gasteiger partial charge >= 0.3 is 0 Å². The molecule has 2 heterocycles. The highest BCUT2D eigenvalue weighted by Gasteiger charge is 2.18. The quantitative estimate of drug-likeness (QED) is 0.643. The molecule has 0 aliphatic carbocycles. The van der Waals surface area contributed by atoms with Crippen molar-refractivity contribution in [2.45, 2.75) is 33.9 Å². The molecule has 0 saturated heterocycles. The van der Waals surface area contributed by atoms with Gasteiger partial charge in [0.1, 0.15) is 22.9 Å². The van der Waals surface area contributed by atoms with Crippen molar-refractivity contribution >= 4 is 33.1 Å². The van der Waals surface area contributed by atoms with E-state index >= 15 is 0 Å². The van der Waals surface area contributed by atoms with Crippen LogP contribution >= 0.6 is 11.3 Å². The van der Waals surface area contributed by atoms with E-state index in [0.717, 1.165) is 21.0 Å². The number of ether oxygens (including phenoxy) is 1. The van der Waals surface area contributed by atoms with Crippen LogP contribution in [-0.2, 0) is 17.9 Å². The van der Waals surface area contributed by atoms with Crippen LogP contribution in [0.15, 0.2) is 29.1 Å². The maximum absolute atomic E-state index is 13.2. The van der Waals surface area contributed by atoms with E-state index in [-0.39, 0.29) is 18.0 Å². The average molecular weight is 415 g/mol. The highest BCUT2D eigenvalue weighted by atomic mass is 32.1. The van der Waals surface area contributed by atoms with Crippen molar-refractivity contribution in [3.63, 3.8) is 0 Å². The molecule has 0 bridgehead atoms. The van der Waals surface area contributed by atoms with Crippen LogP contribution in [0.5, 0.6) is 5.75 Å². The van der Waals surface area contributed by atoms with Gasteiger partial charge in [-0.3, -0.25) is 14.2 Å². The minimum absolute atomic E-state index is 0.0908. The summed E-state index contributed by atoms with van der Waals surface area (Å²) in [5, 5.41) is 3.44. The zero-order chi connectivity index (χ0) is 21.1. The maximum atomic E-state index is 13.2. The monoisotopic (exact) mass is 414 g/mol. The van der Waals surface area contributed by atoms with Gasteiger partial charge in [0.25, 0.3) is 5.56 Å². The lowest BCUT2D eigenvalue weighted by atomic mass is 10.2. The molecular formula is C21H26N4O3S. The number of nitrogens with zero attached hydrogens (tertiary/aromatic N) is 3. The first-order valence-electron chi connectivity index (χ1n) is 9.47. The number of amides is 1. The van der Waals surface area contributed by atoms with E-state index < -0.39 is 0 Å². The van der Waals surface area contributed by atoms with Gasteiger partial charge in [-0.15, -0.1) is 11.3 Å². The molecule has 0 aliphatic rings. The van der Waals surface area contributed by atoms with E-state index in [9.17, 15) is 9.59 Å². The number of anilines is 1. The minimum Gasteiger partial charge on any atom is -0.494 e. The van der Waals surface area contributed by atoms with Crippen molar-refractivity contribution in [2.24, 2.45) is 0 Å². The number of rotatable bonds is 7. The van der Waals surface area contributed by atoms with Crippen LogP contribution in [0, 0.1) is 13.8 Å². The number of hydrogen-bond acceptors (Lipinski definition) is 6. The van der Waals surface area contributed by atoms with Crippen LogP contribution in [0.25, 0.3) is 10.2 Å². The number of thiophene rings is 1. The van der Waals surface area contributed by atoms with Crippen LogP contribution in [0.2, 0.25) is 0 Å². The third kappa shape index (κ3) is 4.65. The lowest BCUT2D eigenvalue weighted by Crippen LogP contribution is -2.32. The normalized spacial score (nSPS) is 11.2. The Morgan fingerprint density at radius 3 is 2.55 bits per heavy atom. The largest absolute Gasteiger partial charge is 0.494 e. The van der Waals surface area contributed by atoms with Gasteiger partial charge in [0.2, 0.25) is 5.91 Å². The molecule has 3 aromatic rings. The van der Waals surface area contributed by atoms with Gasteiger partial charge in [-0.2, -0.15) is 0 Å². The summed E-state index contributed by atoms with van der Waals surface area (Å²) in [5.41, 5.74) is 1.41. The molecule has 0 radical (unpaired) electrons. The zero-order valence-electron chi connectivity index (χ0n) is 17.4. The Labute approximate surface area is 173 Å². The highest BCUT2D eigenvalue weighted by Crippen LogP contribution is 2.26. The fraction of sp³-hybridized carbons (Fsp3) is 0.381. The SMILES string of the molecule is CCOc1ccc(NC(=O)Cn2c(CN(C)C)nc3sc(C)c(C)c3c2=O)cc1. The van der Waals surface area contributed by atoms with E-state index in [0.29, 0.717) is 30.0 Å². The third-order valence-electron chi connectivity index (χ3n) is 4.58. The van der Waals surface area contributed by atoms with Gasteiger partial charge in [0.05, 0.1) is 18.5 Å². The third-order valence-corrected chi connectivity index (χ3v) is 5.68. The molecule has 29 heavy (non-hydrogen) atoms. The predicted molar refractivity (Wildman–Crippen MR) is 117 cm³/mol. The smallest absolute Gasteiger partial charge is 0.263 e. The first-order valence-corrected chi connectivity index (χ1v) is 10.3. The summed E-state index contributed by atoms with van der Waals surface area (Å²) in [6.07, 6.45) is 0. The van der Waals surface area contributed by atoms with Crippen LogP contribution in [0.1, 0.15) is 23.2 Å². The molecule has 0 saturated carbocycles. The van der Waals surface area contributed by atoms with Gasteiger partial charge in [0, 0.05) is 10.6 Å². The van der Waals surface area contributed by atoms with Crippen LogP contribution < -0.4 is 15.6 Å². The standard InChI is InChI=1S/C21H26N4O3S/c1-6-28-16-9-7-15(8-10-16)22-18(26)12-25-17(11-24(4)5)23-20-19(21(25)27)13(2)14(3)29-20/h7-10H,6,11-12H2,1-5H3,(H,22,26). The average Bonchev–Trinajstić information content (AvgIpc) is 2.94. The number of hydrogen-bond donors (Lipinski definition) is 1. The fourth-order valence-electron chi connectivity index (χ4n) is 3.08. The van der Waals surface area contributed by atoms with Crippen molar-refractivity contribution in [1.82, 2.24) is 14.5 Å². The van der Waals surface area contributed by atoms with Crippen LogP contribution in [0.3, 0.4) is 0 Å². The molecule has 0 spiro atoms. The Bertz CT molecular complexity index is 1080. The number of aromatic nitrogens is 2. The molecule has 154 valence electrons. The van der Waals surface area contributed by atoms with Gasteiger partial charge < -0.3 is 15.0 Å². The summed E-state index contributed by atoms with van der Waals surface area (Å²) >= 11 is 1.51. The first kappa shape index (κ1) is 21.0. The fourth-order valence-corrected chi connectivity index (χ4v) is 4.12. The highest BCUT2D eigenvalue weighted by molar-refractivity contribution is 7.18. The molecule has 0 unspecified atom stereocenters. The van der Waals surface area contributed by atoms with E-state index in [1.165, 1.54) is 15.9 Å². The molecule has 0 atom stereocenters. The lowest BCUT2D eigenvalue weighted by Gasteiger charge is -2.16. The number of nitrogens with one attached hydrogen (secondary N) is 1. The Balaban J connectivity index is 1.90. The molecule has 1 amide bonds. The summed E-state index contributed by atoms with van der Waals surface area (Å²) in [4.78, 5) is 34.3. The molecule has 0 fully saturated rings. The molecular weight excluding hydrogens is 388 g/mol. The van der Waals surface area contributed by atoms with Crippen molar-refractivity contribution in [1.29, 1.82) is 0 Å². The molecule has 0 aliphatic heterocycles. The number of benzene rings is 1. The molecule has 2 aromatic heterocycles. The van der Waals surface area contributed by atoms with Gasteiger partial charge in [0.15, 0.2) is 0 Å². The van der Waals surface area contributed by atoms with Gasteiger partial charge in [-0.25, -0.2) is 4.98 Å². The number of carbonyl (C=O) groups is 1. The number of carbonyl (C=O) groups excluding carboxylic acids is 1. The second-order valence-electron chi connectivity index (χ2n) is 7.13. The Hall–Kier alpha value is -2.71. The number of aryl methyl sites for hydroxylation is 2. The summed E-state index contributed by atoms with van der Waals surface area (Å²) in [5.74, 6) is 1.05. The van der Waals surface area contributed by atoms with E-state index in [1.807, 2.05) is 39.8 Å². The van der Waals surface area contributed by atoms with Crippen molar-refractivity contribution in [2.75, 3.05) is 26.0 Å². The van der Waals surface area contributed by atoms with E-state index in [4.69, 9.17) is 9.72 Å². The summed E-state index contributed by atoms with van der Waals surface area (Å²) < 4.78 is 6.89. The predicted octanol–water partition coefficient (Wildman–Crippen LogP) is 3.17. The zero-order valence-corrected chi connectivity index (χ0v) is 18.2. The lowest BCUT2D eigenvalue weighted by molar-refractivity contribution is -0.116. The molecule has 7 nitrogen and oxygen atoms in total. The van der Waals surface area contributed by atoms with Crippen molar-refractivity contribution < 1.29 is 9.53 Å². The molecule has 8 heteroatoms.